The van der Waals surface area contributed by atoms with E-state index in [0.29, 0.717) is 0 Å². The second-order valence-corrected chi connectivity index (χ2v) is 15.3. The molecule has 7 unspecified atom stereocenters. The topological polar surface area (TPSA) is 577 Å². The van der Waals surface area contributed by atoms with Crippen molar-refractivity contribution in [3.63, 3.8) is 0 Å². The first-order valence-corrected chi connectivity index (χ1v) is 20.2. The highest BCUT2D eigenvalue weighted by atomic mass is 32.3. The van der Waals surface area contributed by atoms with Crippen molar-refractivity contribution in [2.75, 3.05) is 19.7 Å². The first kappa shape index (κ1) is 53.9. The van der Waals surface area contributed by atoms with Crippen molar-refractivity contribution in [2.45, 2.75) is 123 Å². The van der Waals surface area contributed by atoms with Gasteiger partial charge in [0.1, 0.15) is 67.1 Å². The maximum Gasteiger partial charge on any atom is 0.394 e. The van der Waals surface area contributed by atoms with E-state index in [4.69, 9.17) is 115 Å². The smallest absolute Gasteiger partial charge is 0.394 e. The predicted molar refractivity (Wildman–Crippen MR) is 181 cm³/mol. The van der Waals surface area contributed by atoms with Crippen molar-refractivity contribution in [1.29, 1.82) is 0 Å². The zero-order valence-electron chi connectivity index (χ0n) is 29.2. The molecule has 3 heterocycles. The van der Waals surface area contributed by atoms with Crippen molar-refractivity contribution in [3.05, 3.63) is 0 Å². The van der Waals surface area contributed by atoms with Crippen LogP contribution in [0.4, 0.5) is 0 Å². The molecular weight excluding hydrogens is 856 g/mol. The lowest BCUT2D eigenvalue weighted by Crippen LogP contribution is -2.68. The van der Waals surface area contributed by atoms with Crippen molar-refractivity contribution >= 4 is 31.2 Å². The molecule has 0 aromatic carbocycles. The van der Waals surface area contributed by atoms with E-state index in [1.54, 1.807) is 0 Å². The summed E-state index contributed by atoms with van der Waals surface area (Å²) in [5.74, 6) is 0. The van der Waals surface area contributed by atoms with Gasteiger partial charge in [-0.25, -0.2) is 0 Å². The minimum absolute atomic E-state index is 0.0889. The average Bonchev–Trinajstić information content (AvgIpc) is 3.36. The highest BCUT2D eigenvalue weighted by molar-refractivity contribution is 7.80. The minimum atomic E-state index is -4.67. The highest BCUT2D eigenvalue weighted by Crippen LogP contribution is 2.34. The van der Waals surface area contributed by atoms with Crippen molar-refractivity contribution in [1.82, 2.24) is 0 Å². The van der Waals surface area contributed by atoms with Gasteiger partial charge in [-0.1, -0.05) is 0 Å². The molecule has 4 aliphatic rings. The monoisotopic (exact) mass is 908 g/mol. The Bertz CT molecular complexity index is 1440. The summed E-state index contributed by atoms with van der Waals surface area (Å²) in [6, 6.07) is -4.18. The van der Waals surface area contributed by atoms with Crippen molar-refractivity contribution < 1.29 is 117 Å². The van der Waals surface area contributed by atoms with Crippen LogP contribution in [0.5, 0.6) is 0 Å². The van der Waals surface area contributed by atoms with Gasteiger partial charge in [0.25, 0.3) is 0 Å². The third-order valence-electron chi connectivity index (χ3n) is 8.37. The zero-order chi connectivity index (χ0) is 44.5. The first-order chi connectivity index (χ1) is 25.8. The average molecular weight is 909 g/mol. The summed E-state index contributed by atoms with van der Waals surface area (Å²) in [6.07, 6.45) is -19.8. The number of ether oxygens (including phenoxy) is 6. The molecule has 0 radical (unpaired) electrons. The molecule has 4 fully saturated rings. The molecule has 4 rings (SSSR count). The molecule has 0 spiro atoms. The second kappa shape index (κ2) is 22.6. The van der Waals surface area contributed by atoms with E-state index in [-0.39, 0.29) is 19.5 Å². The van der Waals surface area contributed by atoms with E-state index in [2.05, 4.69) is 0 Å². The van der Waals surface area contributed by atoms with E-state index in [1.807, 2.05) is 0 Å². The van der Waals surface area contributed by atoms with Crippen molar-refractivity contribution in [2.24, 2.45) is 34.4 Å². The Hall–Kier alpha value is -1.15. The molecule has 1 saturated carbocycles. The summed E-state index contributed by atoms with van der Waals surface area (Å²) in [7, 11) is -14.0. The van der Waals surface area contributed by atoms with Crippen LogP contribution in [0.25, 0.3) is 0 Å². The van der Waals surface area contributed by atoms with Crippen LogP contribution in [-0.4, -0.2) is 224 Å². The molecule has 34 heteroatoms. The normalized spacial score (nSPS) is 42.7. The van der Waals surface area contributed by atoms with Gasteiger partial charge in [-0.15, -0.1) is 0 Å². The predicted octanol–water partition coefficient (Wildman–Crippen LogP) is -10.9. The van der Waals surface area contributed by atoms with Gasteiger partial charge in [0.15, 0.2) is 18.9 Å². The van der Waals surface area contributed by atoms with Gasteiger partial charge < -0.3 is 98.6 Å². The van der Waals surface area contributed by atoms with Gasteiger partial charge in [-0.05, 0) is 6.42 Å². The lowest BCUT2D eigenvalue weighted by Gasteiger charge is -2.47. The summed E-state index contributed by atoms with van der Waals surface area (Å²) < 4.78 is 129. The fraction of sp³-hybridized carbons (Fsp3) is 1.00. The van der Waals surface area contributed by atoms with Crippen LogP contribution in [0, 0.1) is 0 Å². The van der Waals surface area contributed by atoms with E-state index >= 15 is 0 Å². The van der Waals surface area contributed by atoms with Gasteiger partial charge in [0.2, 0.25) is 0 Å². The number of nitrogens with two attached hydrogens (primary N) is 6. The highest BCUT2D eigenvalue weighted by Gasteiger charge is 2.54. The molecule has 3 aliphatic heterocycles. The summed E-state index contributed by atoms with van der Waals surface area (Å²) in [5, 5.41) is 73.0. The van der Waals surface area contributed by atoms with Crippen LogP contribution in [0.2, 0.25) is 0 Å². The Morgan fingerprint density at radius 1 is 0.474 bits per heavy atom. The Balaban J connectivity index is 0.000000921. The number of aliphatic hydroxyl groups is 7. The van der Waals surface area contributed by atoms with Crippen LogP contribution >= 0.6 is 0 Å². The minimum Gasteiger partial charge on any atom is -0.394 e. The standard InChI is InChI=1S/C23H46N6O13.3H2O4S/c24-2-7-13(32)15(34)10(28)21(37-7)40-18-6(27)1-5(26)12(31)20(18)42-23-17(36)19(9(4-30)39-23)41-22-11(29)16(35)14(33)8(3-25)38-22;3*1-5(2,3)4/h5-23,30-36H,1-4,24-29H2;3*(H2,1,2,3,4)/t5-,6?,7?,8?,9-,10?,11+,12?,13-,14+,15+,16+,17+,18+,19?,20+,21-,22?,23+;;;/m1.../s1. The molecule has 3 saturated heterocycles. The molecule has 0 bridgehead atoms. The SMILES string of the molecule is NCC1O[C@H](O[C@H]2C(N)C[C@@H](N)C(O)[C@@H]2O[C@@H]2O[C@H](CO)C(OC3OC(CN)[C@H](O)[C@@H](O)[C@@H]3N)[C@@H]2O)C(N)[C@H](O)[C@@H]1O.O=S(=O)(O)O.O=S(=O)(O)O.O=S(=O)(O)O. The molecule has 31 nitrogen and oxygen atoms in total. The Labute approximate surface area is 324 Å². The summed E-state index contributed by atoms with van der Waals surface area (Å²) in [4.78, 5) is 0. The number of hydrogen-bond acceptors (Lipinski definition) is 25. The summed E-state index contributed by atoms with van der Waals surface area (Å²) in [6.45, 7) is -0.967. The third kappa shape index (κ3) is 17.8. The fourth-order valence-corrected chi connectivity index (χ4v) is 5.74. The van der Waals surface area contributed by atoms with Gasteiger partial charge >= 0.3 is 31.2 Å². The molecule has 57 heavy (non-hydrogen) atoms. The first-order valence-electron chi connectivity index (χ1n) is 16.0. The molecule has 0 amide bonds. The van der Waals surface area contributed by atoms with E-state index in [1.165, 1.54) is 0 Å². The van der Waals surface area contributed by atoms with Crippen LogP contribution in [0.1, 0.15) is 6.42 Å². The van der Waals surface area contributed by atoms with Gasteiger partial charge in [0.05, 0.1) is 24.8 Å². The van der Waals surface area contributed by atoms with Gasteiger partial charge in [0, 0.05) is 25.2 Å². The number of aliphatic hydroxyl groups excluding tert-OH is 7. The molecule has 0 aromatic heterocycles. The maximum absolute atomic E-state index is 11.1. The lowest BCUT2D eigenvalue weighted by atomic mass is 9.84. The largest absolute Gasteiger partial charge is 0.394 e. The molecule has 25 N–H and O–H groups in total. The lowest BCUT2D eigenvalue weighted by molar-refractivity contribution is -0.306. The molecular formula is C23H52N6O25S3. The summed E-state index contributed by atoms with van der Waals surface area (Å²) in [5.41, 5.74) is 35.6. The Morgan fingerprint density at radius 2 is 0.807 bits per heavy atom. The van der Waals surface area contributed by atoms with Crippen LogP contribution in [-0.2, 0) is 59.6 Å². The molecule has 0 aromatic rings. The summed E-state index contributed by atoms with van der Waals surface area (Å²) >= 11 is 0. The van der Waals surface area contributed by atoms with E-state index < -0.39 is 154 Å². The van der Waals surface area contributed by atoms with Crippen molar-refractivity contribution in [3.8, 4) is 0 Å². The van der Waals surface area contributed by atoms with E-state index in [0.717, 1.165) is 0 Å². The quantitative estimate of drug-likeness (QED) is 0.0955. The molecule has 342 valence electrons. The van der Waals surface area contributed by atoms with Crippen LogP contribution < -0.4 is 34.4 Å². The molecule has 1 aliphatic carbocycles. The van der Waals surface area contributed by atoms with Gasteiger partial charge in [-0.3, -0.25) is 27.3 Å². The zero-order valence-corrected chi connectivity index (χ0v) is 31.6. The fourth-order valence-electron chi connectivity index (χ4n) is 5.74. The second-order valence-electron chi connectivity index (χ2n) is 12.6. The molecule has 19 atom stereocenters. The van der Waals surface area contributed by atoms with E-state index in [9.17, 15) is 35.7 Å². The number of rotatable bonds is 9. The van der Waals surface area contributed by atoms with Crippen LogP contribution in [0.15, 0.2) is 0 Å². The Kier molecular flexibility index (Phi) is 21.4. The maximum atomic E-state index is 11.1. The Morgan fingerprint density at radius 3 is 1.16 bits per heavy atom. The van der Waals surface area contributed by atoms with Gasteiger partial charge in [-0.2, -0.15) is 25.3 Å². The third-order valence-corrected chi connectivity index (χ3v) is 8.37. The van der Waals surface area contributed by atoms with Crippen LogP contribution in [0.3, 0.4) is 0 Å². The number of hydrogen-bond donors (Lipinski definition) is 19.